The van der Waals surface area contributed by atoms with Crippen molar-refractivity contribution in [2.75, 3.05) is 32.9 Å². The topological polar surface area (TPSA) is 95.0 Å². The van der Waals surface area contributed by atoms with Crippen molar-refractivity contribution in [1.82, 2.24) is 9.21 Å². The molecule has 0 aromatic carbocycles. The fourth-order valence-corrected chi connectivity index (χ4v) is 2.70. The molecule has 0 aliphatic heterocycles. The minimum Gasteiger partial charge on any atom is -0.481 e. The normalized spacial score (nSPS) is 12.5. The molecule has 0 aliphatic rings. The lowest BCUT2D eigenvalue weighted by molar-refractivity contribution is -0.142. The number of carbonyl (C=O) groups is 2. The smallest absolute Gasteiger partial charge is 0.402 e. The fourth-order valence-electron chi connectivity index (χ4n) is 1.28. The van der Waals surface area contributed by atoms with Crippen molar-refractivity contribution in [2.24, 2.45) is 0 Å². The maximum absolute atomic E-state index is 12.4. The Labute approximate surface area is 120 Å². The van der Waals surface area contributed by atoms with Crippen LogP contribution in [0.5, 0.6) is 0 Å². The fraction of sp³-hybridized carbons (Fsp3) is 0.800. The number of carboxylic acid groups (broad SMARTS) is 1. The summed E-state index contributed by atoms with van der Waals surface area (Å²) < 4.78 is 60.9. The number of nitrogens with zero attached hydrogens (tertiary/aromatic N) is 2. The predicted octanol–water partition coefficient (Wildman–Crippen LogP) is 0.133. The second kappa shape index (κ2) is 7.59. The molecule has 0 unspecified atom stereocenters. The van der Waals surface area contributed by atoms with Crippen LogP contribution in [0.2, 0.25) is 0 Å². The first kappa shape index (κ1) is 19.6. The molecule has 0 radical (unpaired) electrons. The largest absolute Gasteiger partial charge is 0.481 e. The van der Waals surface area contributed by atoms with Crippen LogP contribution in [0.25, 0.3) is 0 Å². The molecular formula is C10H17F3N2O5S. The van der Waals surface area contributed by atoms with Crippen LogP contribution in [-0.4, -0.2) is 73.7 Å². The number of likely N-dealkylation sites (N-methyl/N-ethyl adjacent to an activating group) is 1. The number of aliphatic carboxylic acids is 1. The van der Waals surface area contributed by atoms with E-state index < -0.39 is 53.3 Å². The van der Waals surface area contributed by atoms with E-state index in [1.807, 2.05) is 0 Å². The summed E-state index contributed by atoms with van der Waals surface area (Å²) in [6.45, 7) is -2.73. The summed E-state index contributed by atoms with van der Waals surface area (Å²) in [4.78, 5) is 22.7. The van der Waals surface area contributed by atoms with Gasteiger partial charge in [0.1, 0.15) is 6.54 Å². The summed E-state index contributed by atoms with van der Waals surface area (Å²) in [5.74, 6) is -2.83. The van der Waals surface area contributed by atoms with Gasteiger partial charge in [0.15, 0.2) is 0 Å². The number of rotatable bonds is 8. The summed E-state index contributed by atoms with van der Waals surface area (Å²) >= 11 is 0. The van der Waals surface area contributed by atoms with E-state index in [2.05, 4.69) is 0 Å². The summed E-state index contributed by atoms with van der Waals surface area (Å²) in [6, 6.07) is 0. The SMILES string of the molecule is CN(C)C(=O)CN(CC(F)(F)F)S(=O)(=O)CCCC(=O)O. The van der Waals surface area contributed by atoms with Crippen LogP contribution >= 0.6 is 0 Å². The van der Waals surface area contributed by atoms with E-state index in [9.17, 15) is 31.2 Å². The van der Waals surface area contributed by atoms with Crippen LogP contribution < -0.4 is 0 Å². The third-order valence-corrected chi connectivity index (χ3v) is 4.20. The molecule has 1 N–H and O–H groups in total. The zero-order valence-electron chi connectivity index (χ0n) is 11.6. The van der Waals surface area contributed by atoms with Crippen LogP contribution in [-0.2, 0) is 19.6 Å². The van der Waals surface area contributed by atoms with Gasteiger partial charge in [-0.05, 0) is 6.42 Å². The predicted molar refractivity (Wildman–Crippen MR) is 67.0 cm³/mol. The second-order valence-corrected chi connectivity index (χ2v) is 6.57. The maximum Gasteiger partial charge on any atom is 0.402 e. The zero-order valence-corrected chi connectivity index (χ0v) is 12.4. The molecule has 0 bridgehead atoms. The average Bonchev–Trinajstić information content (AvgIpc) is 2.25. The molecular weight excluding hydrogens is 317 g/mol. The van der Waals surface area contributed by atoms with Crippen LogP contribution in [0.1, 0.15) is 12.8 Å². The molecule has 0 saturated heterocycles. The Hall–Kier alpha value is -1.36. The van der Waals surface area contributed by atoms with E-state index in [0.717, 1.165) is 4.90 Å². The van der Waals surface area contributed by atoms with E-state index >= 15 is 0 Å². The summed E-state index contributed by atoms with van der Waals surface area (Å²) in [5.41, 5.74) is 0. The van der Waals surface area contributed by atoms with Gasteiger partial charge in [0.05, 0.1) is 12.3 Å². The molecule has 11 heteroatoms. The van der Waals surface area contributed by atoms with Crippen molar-refractivity contribution < 1.29 is 36.3 Å². The molecule has 7 nitrogen and oxygen atoms in total. The van der Waals surface area contributed by atoms with Gasteiger partial charge in [-0.15, -0.1) is 0 Å². The van der Waals surface area contributed by atoms with E-state index in [4.69, 9.17) is 5.11 Å². The summed E-state index contributed by atoms with van der Waals surface area (Å²) in [7, 11) is -1.81. The Kier molecular flexibility index (Phi) is 7.10. The lowest BCUT2D eigenvalue weighted by Gasteiger charge is -2.24. The van der Waals surface area contributed by atoms with Crippen molar-refractivity contribution in [2.45, 2.75) is 19.0 Å². The Balaban J connectivity index is 5.00. The molecule has 0 heterocycles. The second-order valence-electron chi connectivity index (χ2n) is 4.48. The van der Waals surface area contributed by atoms with E-state index in [1.54, 1.807) is 0 Å². The number of alkyl halides is 3. The van der Waals surface area contributed by atoms with E-state index in [1.165, 1.54) is 14.1 Å². The average molecular weight is 334 g/mol. The van der Waals surface area contributed by atoms with Crippen molar-refractivity contribution in [3.8, 4) is 0 Å². The van der Waals surface area contributed by atoms with Gasteiger partial charge in [0.25, 0.3) is 0 Å². The number of carbonyl (C=O) groups excluding carboxylic acids is 1. The van der Waals surface area contributed by atoms with Crippen molar-refractivity contribution >= 4 is 21.9 Å². The molecule has 0 aromatic heterocycles. The maximum atomic E-state index is 12.4. The van der Waals surface area contributed by atoms with Crippen LogP contribution in [0.4, 0.5) is 13.2 Å². The van der Waals surface area contributed by atoms with Crippen LogP contribution in [0.15, 0.2) is 0 Å². The minimum absolute atomic E-state index is 0.0250. The highest BCUT2D eigenvalue weighted by atomic mass is 32.2. The van der Waals surface area contributed by atoms with Gasteiger partial charge in [-0.2, -0.15) is 17.5 Å². The first-order valence-corrected chi connectivity index (χ1v) is 7.42. The lowest BCUT2D eigenvalue weighted by Crippen LogP contribution is -2.45. The molecule has 0 fully saturated rings. The molecule has 1 amide bonds. The third kappa shape index (κ3) is 8.50. The van der Waals surface area contributed by atoms with Crippen molar-refractivity contribution in [3.05, 3.63) is 0 Å². The first-order chi connectivity index (χ1) is 9.35. The molecule has 0 aromatic rings. The zero-order chi connectivity index (χ0) is 16.8. The number of amides is 1. The molecule has 124 valence electrons. The van der Waals surface area contributed by atoms with Gasteiger partial charge < -0.3 is 10.0 Å². The van der Waals surface area contributed by atoms with E-state index in [-0.39, 0.29) is 10.7 Å². The molecule has 0 saturated carbocycles. The van der Waals surface area contributed by atoms with Gasteiger partial charge >= 0.3 is 12.1 Å². The lowest BCUT2D eigenvalue weighted by atomic mass is 10.3. The van der Waals surface area contributed by atoms with Crippen molar-refractivity contribution in [3.63, 3.8) is 0 Å². The molecule has 0 spiro atoms. The highest BCUT2D eigenvalue weighted by molar-refractivity contribution is 7.89. The van der Waals surface area contributed by atoms with Gasteiger partial charge in [0, 0.05) is 20.5 Å². The van der Waals surface area contributed by atoms with Gasteiger partial charge in [-0.3, -0.25) is 9.59 Å². The number of sulfonamides is 1. The summed E-state index contributed by atoms with van der Waals surface area (Å²) in [6.07, 6.45) is -5.62. The quantitative estimate of drug-likeness (QED) is 0.681. The van der Waals surface area contributed by atoms with Gasteiger partial charge in [0.2, 0.25) is 15.9 Å². The Morgan fingerprint density at radius 2 is 1.71 bits per heavy atom. The van der Waals surface area contributed by atoms with Crippen LogP contribution in [0.3, 0.4) is 0 Å². The molecule has 0 aliphatic carbocycles. The van der Waals surface area contributed by atoms with Crippen molar-refractivity contribution in [1.29, 1.82) is 0 Å². The number of halogens is 3. The minimum atomic E-state index is -4.80. The Morgan fingerprint density at radius 3 is 2.10 bits per heavy atom. The first-order valence-electron chi connectivity index (χ1n) is 5.81. The molecule has 0 rings (SSSR count). The highest BCUT2D eigenvalue weighted by Gasteiger charge is 2.37. The standard InChI is InChI=1S/C10H17F3N2O5S/c1-14(2)8(16)6-15(7-10(11,12)13)21(19,20)5-3-4-9(17)18/h3-7H2,1-2H3,(H,17,18). The van der Waals surface area contributed by atoms with Gasteiger partial charge in [-0.25, -0.2) is 8.42 Å². The highest BCUT2D eigenvalue weighted by Crippen LogP contribution is 2.19. The monoisotopic (exact) mass is 334 g/mol. The number of hydrogen-bond acceptors (Lipinski definition) is 4. The van der Waals surface area contributed by atoms with Gasteiger partial charge in [-0.1, -0.05) is 0 Å². The Bertz CT molecular complexity index is 476. The molecule has 21 heavy (non-hydrogen) atoms. The third-order valence-electron chi connectivity index (χ3n) is 2.35. The number of hydrogen-bond donors (Lipinski definition) is 1. The van der Waals surface area contributed by atoms with Crippen LogP contribution in [0, 0.1) is 0 Å². The van der Waals surface area contributed by atoms with E-state index in [0.29, 0.717) is 0 Å². The summed E-state index contributed by atoms with van der Waals surface area (Å²) in [5, 5.41) is 8.40. The number of carboxylic acids is 1. The Morgan fingerprint density at radius 1 is 1.19 bits per heavy atom. The molecule has 0 atom stereocenters.